The van der Waals surface area contributed by atoms with Crippen molar-refractivity contribution in [3.63, 3.8) is 0 Å². The second-order valence-corrected chi connectivity index (χ2v) is 6.48. The van der Waals surface area contributed by atoms with E-state index >= 15 is 0 Å². The van der Waals surface area contributed by atoms with Gasteiger partial charge in [0.05, 0.1) is 13.2 Å². The lowest BCUT2D eigenvalue weighted by molar-refractivity contribution is -0.122. The summed E-state index contributed by atoms with van der Waals surface area (Å²) < 4.78 is 16.8. The fourth-order valence-corrected chi connectivity index (χ4v) is 2.99. The molecule has 1 saturated carbocycles. The number of carbonyl (C=O) groups is 1. The number of nitrogens with one attached hydrogen (secondary N) is 1. The van der Waals surface area contributed by atoms with Crippen molar-refractivity contribution in [3.05, 3.63) is 48.5 Å². The van der Waals surface area contributed by atoms with Gasteiger partial charge in [0.2, 0.25) is 0 Å². The van der Waals surface area contributed by atoms with Gasteiger partial charge in [0, 0.05) is 11.8 Å². The Morgan fingerprint density at radius 2 is 1.73 bits per heavy atom. The van der Waals surface area contributed by atoms with Crippen LogP contribution in [-0.4, -0.2) is 25.2 Å². The van der Waals surface area contributed by atoms with Crippen LogP contribution in [0.4, 0.5) is 5.69 Å². The Hall–Kier alpha value is -2.69. The molecule has 0 aromatic heterocycles. The maximum Gasteiger partial charge on any atom is 0.265 e. The molecule has 5 heteroatoms. The maximum atomic E-state index is 12.3. The molecule has 1 aliphatic carbocycles. The molecule has 1 N–H and O–H groups in total. The molecule has 0 bridgehead atoms. The molecule has 2 aromatic rings. The van der Waals surface area contributed by atoms with Crippen molar-refractivity contribution in [1.29, 1.82) is 0 Å². The zero-order valence-corrected chi connectivity index (χ0v) is 15.2. The summed E-state index contributed by atoms with van der Waals surface area (Å²) in [5.74, 6) is 1.91. The molecule has 26 heavy (non-hydrogen) atoms. The first kappa shape index (κ1) is 18.1. The first-order valence-corrected chi connectivity index (χ1v) is 9.02. The number of anilines is 1. The first-order chi connectivity index (χ1) is 12.6. The standard InChI is InChI=1S/C21H25NO4/c1-15(25-20-9-5-8-19(14-20)24-2)21(23)22-16-10-12-18(13-11-16)26-17-6-3-4-7-17/h5,8-15,17H,3-4,6-7H2,1-2H3,(H,22,23)/t15-/m1/s1. The van der Waals surface area contributed by atoms with Crippen LogP contribution in [0.15, 0.2) is 48.5 Å². The van der Waals surface area contributed by atoms with Gasteiger partial charge in [-0.1, -0.05) is 6.07 Å². The maximum absolute atomic E-state index is 12.3. The normalized spacial score (nSPS) is 15.3. The number of methoxy groups -OCH3 is 1. The third-order valence-electron chi connectivity index (χ3n) is 4.45. The number of hydrogen-bond acceptors (Lipinski definition) is 4. The van der Waals surface area contributed by atoms with Gasteiger partial charge in [0.1, 0.15) is 17.2 Å². The average molecular weight is 355 g/mol. The van der Waals surface area contributed by atoms with Crippen LogP contribution in [-0.2, 0) is 4.79 Å². The highest BCUT2D eigenvalue weighted by molar-refractivity contribution is 5.94. The lowest BCUT2D eigenvalue weighted by Gasteiger charge is -2.16. The van der Waals surface area contributed by atoms with E-state index in [0.29, 0.717) is 17.6 Å². The van der Waals surface area contributed by atoms with E-state index in [-0.39, 0.29) is 5.91 Å². The number of carbonyl (C=O) groups excluding carboxylic acids is 1. The van der Waals surface area contributed by atoms with Crippen LogP contribution in [0.1, 0.15) is 32.6 Å². The lowest BCUT2D eigenvalue weighted by atomic mass is 10.2. The molecule has 0 radical (unpaired) electrons. The molecule has 0 heterocycles. The fraction of sp³-hybridized carbons (Fsp3) is 0.381. The van der Waals surface area contributed by atoms with E-state index in [1.54, 1.807) is 26.2 Å². The Kier molecular flexibility index (Phi) is 6.00. The molecule has 2 aromatic carbocycles. The summed E-state index contributed by atoms with van der Waals surface area (Å²) in [7, 11) is 1.59. The summed E-state index contributed by atoms with van der Waals surface area (Å²) >= 11 is 0. The quantitative estimate of drug-likeness (QED) is 0.799. The number of benzene rings is 2. The minimum atomic E-state index is -0.628. The van der Waals surface area contributed by atoms with Crippen molar-refractivity contribution in [2.75, 3.05) is 12.4 Å². The molecule has 5 nitrogen and oxygen atoms in total. The van der Waals surface area contributed by atoms with Crippen molar-refractivity contribution in [3.8, 4) is 17.2 Å². The minimum Gasteiger partial charge on any atom is -0.497 e. The van der Waals surface area contributed by atoms with Crippen molar-refractivity contribution in [2.45, 2.75) is 44.8 Å². The van der Waals surface area contributed by atoms with Crippen molar-refractivity contribution >= 4 is 11.6 Å². The molecule has 0 saturated heterocycles. The fourth-order valence-electron chi connectivity index (χ4n) is 2.99. The second-order valence-electron chi connectivity index (χ2n) is 6.48. The van der Waals surface area contributed by atoms with Gasteiger partial charge in [-0.05, 0) is 69.0 Å². The minimum absolute atomic E-state index is 0.211. The van der Waals surface area contributed by atoms with Gasteiger partial charge in [0.25, 0.3) is 5.91 Å². The molecule has 0 spiro atoms. The zero-order chi connectivity index (χ0) is 18.4. The largest absolute Gasteiger partial charge is 0.497 e. The molecular formula is C21H25NO4. The van der Waals surface area contributed by atoms with E-state index in [1.807, 2.05) is 36.4 Å². The molecule has 138 valence electrons. The summed E-state index contributed by atoms with van der Waals surface area (Å²) in [6.45, 7) is 1.71. The summed E-state index contributed by atoms with van der Waals surface area (Å²) in [5.41, 5.74) is 0.717. The average Bonchev–Trinajstić information content (AvgIpc) is 3.16. The summed E-state index contributed by atoms with van der Waals surface area (Å²) in [4.78, 5) is 12.3. The third kappa shape index (κ3) is 4.91. The van der Waals surface area contributed by atoms with Crippen LogP contribution >= 0.6 is 0 Å². The predicted molar refractivity (Wildman–Crippen MR) is 101 cm³/mol. The van der Waals surface area contributed by atoms with Gasteiger partial charge < -0.3 is 19.5 Å². The van der Waals surface area contributed by atoms with Crippen molar-refractivity contribution in [1.82, 2.24) is 0 Å². The van der Waals surface area contributed by atoms with Crippen LogP contribution in [0.3, 0.4) is 0 Å². The number of amides is 1. The van der Waals surface area contributed by atoms with Gasteiger partial charge in [-0.3, -0.25) is 4.79 Å². The second kappa shape index (κ2) is 8.61. The van der Waals surface area contributed by atoms with E-state index in [1.165, 1.54) is 12.8 Å². The van der Waals surface area contributed by atoms with E-state index in [4.69, 9.17) is 14.2 Å². The van der Waals surface area contributed by atoms with Crippen LogP contribution in [0.25, 0.3) is 0 Å². The molecular weight excluding hydrogens is 330 g/mol. The number of ether oxygens (including phenoxy) is 3. The van der Waals surface area contributed by atoms with Gasteiger partial charge in [-0.2, -0.15) is 0 Å². The highest BCUT2D eigenvalue weighted by atomic mass is 16.5. The molecule has 1 aliphatic rings. The summed E-state index contributed by atoms with van der Waals surface area (Å²) in [6, 6.07) is 14.7. The van der Waals surface area contributed by atoms with Crippen LogP contribution < -0.4 is 19.5 Å². The lowest BCUT2D eigenvalue weighted by Crippen LogP contribution is -2.30. The summed E-state index contributed by atoms with van der Waals surface area (Å²) in [6.07, 6.45) is 4.42. The molecule has 1 fully saturated rings. The topological polar surface area (TPSA) is 56.8 Å². The van der Waals surface area contributed by atoms with E-state index in [0.717, 1.165) is 24.3 Å². The van der Waals surface area contributed by atoms with Gasteiger partial charge in [-0.25, -0.2) is 0 Å². The smallest absolute Gasteiger partial charge is 0.265 e. The van der Waals surface area contributed by atoms with Gasteiger partial charge in [0.15, 0.2) is 6.10 Å². The van der Waals surface area contributed by atoms with Crippen molar-refractivity contribution in [2.24, 2.45) is 0 Å². The highest BCUT2D eigenvalue weighted by Gasteiger charge is 2.17. The monoisotopic (exact) mass is 355 g/mol. The number of hydrogen-bond donors (Lipinski definition) is 1. The van der Waals surface area contributed by atoms with Crippen LogP contribution in [0.5, 0.6) is 17.2 Å². The summed E-state index contributed by atoms with van der Waals surface area (Å²) in [5, 5.41) is 2.86. The first-order valence-electron chi connectivity index (χ1n) is 9.02. The van der Waals surface area contributed by atoms with Crippen molar-refractivity contribution < 1.29 is 19.0 Å². The van der Waals surface area contributed by atoms with Gasteiger partial charge in [-0.15, -0.1) is 0 Å². The molecule has 1 amide bonds. The Bertz CT molecular complexity index is 723. The molecule has 3 rings (SSSR count). The Balaban J connectivity index is 1.53. The van der Waals surface area contributed by atoms with Crippen LogP contribution in [0, 0.1) is 0 Å². The highest BCUT2D eigenvalue weighted by Crippen LogP contribution is 2.25. The SMILES string of the molecule is COc1cccc(O[C@H](C)C(=O)Nc2ccc(OC3CCCC3)cc2)c1. The molecule has 1 atom stereocenters. The van der Waals surface area contributed by atoms with E-state index in [9.17, 15) is 4.79 Å². The predicted octanol–water partition coefficient (Wildman–Crippen LogP) is 4.42. The zero-order valence-electron chi connectivity index (χ0n) is 15.2. The Labute approximate surface area is 154 Å². The van der Waals surface area contributed by atoms with Crippen LogP contribution in [0.2, 0.25) is 0 Å². The van der Waals surface area contributed by atoms with E-state index < -0.39 is 6.10 Å². The Morgan fingerprint density at radius 1 is 1.04 bits per heavy atom. The van der Waals surface area contributed by atoms with E-state index in [2.05, 4.69) is 5.32 Å². The third-order valence-corrected chi connectivity index (χ3v) is 4.45. The number of rotatable bonds is 7. The van der Waals surface area contributed by atoms with Gasteiger partial charge >= 0.3 is 0 Å². The molecule has 0 unspecified atom stereocenters. The molecule has 0 aliphatic heterocycles. The Morgan fingerprint density at radius 3 is 2.42 bits per heavy atom.